The number of carbonyl (C=O) groups is 1. The molecule has 0 aromatic heterocycles. The van der Waals surface area contributed by atoms with Crippen LogP contribution < -0.4 is 5.32 Å². The molecule has 0 atom stereocenters. The Kier molecular flexibility index (Phi) is 4.34. The topological polar surface area (TPSA) is 32.3 Å². The van der Waals surface area contributed by atoms with Gasteiger partial charge in [-0.05, 0) is 13.8 Å². The van der Waals surface area contributed by atoms with Crippen LogP contribution in [0.15, 0.2) is 11.6 Å². The molecular weight excluding hydrogens is 140 g/mol. The fraction of sp³-hybridized carbons (Fsp3) is 0.625. The molecule has 0 heterocycles. The smallest absolute Gasteiger partial charge is 0.317 e. The lowest BCUT2D eigenvalue weighted by Crippen LogP contribution is -2.34. The lowest BCUT2D eigenvalue weighted by molar-refractivity contribution is 0.218. The highest BCUT2D eigenvalue weighted by molar-refractivity contribution is 5.73. The number of nitrogens with zero attached hydrogens (tertiary/aromatic N) is 1. The molecular formula is C8H16N2O. The zero-order chi connectivity index (χ0) is 8.85. The maximum Gasteiger partial charge on any atom is 0.317 e. The zero-order valence-corrected chi connectivity index (χ0v) is 7.64. The molecule has 3 heteroatoms. The van der Waals surface area contributed by atoms with E-state index in [-0.39, 0.29) is 6.03 Å². The fourth-order valence-electron chi connectivity index (χ4n) is 0.501. The molecule has 3 nitrogen and oxygen atoms in total. The predicted octanol–water partition coefficient (Wildman–Crippen LogP) is 1.22. The van der Waals surface area contributed by atoms with Gasteiger partial charge in [0, 0.05) is 20.6 Å². The first-order chi connectivity index (χ1) is 5.04. The van der Waals surface area contributed by atoms with Crippen molar-refractivity contribution in [3.05, 3.63) is 11.6 Å². The Morgan fingerprint density at radius 1 is 1.45 bits per heavy atom. The van der Waals surface area contributed by atoms with Gasteiger partial charge in [0.05, 0.1) is 0 Å². The van der Waals surface area contributed by atoms with Gasteiger partial charge in [-0.2, -0.15) is 0 Å². The minimum absolute atomic E-state index is 0.0532. The second-order valence-corrected chi connectivity index (χ2v) is 2.86. The van der Waals surface area contributed by atoms with Crippen LogP contribution in [0.3, 0.4) is 0 Å². The molecule has 0 aliphatic carbocycles. The summed E-state index contributed by atoms with van der Waals surface area (Å²) >= 11 is 0. The Morgan fingerprint density at radius 2 is 2.00 bits per heavy atom. The number of hydrogen-bond donors (Lipinski definition) is 1. The number of amides is 2. The third kappa shape index (κ3) is 5.45. The number of carbonyl (C=O) groups excluding carboxylic acids is 1. The second kappa shape index (κ2) is 4.77. The second-order valence-electron chi connectivity index (χ2n) is 2.86. The minimum atomic E-state index is -0.0532. The van der Waals surface area contributed by atoms with E-state index in [9.17, 15) is 4.79 Å². The summed E-state index contributed by atoms with van der Waals surface area (Å²) < 4.78 is 0. The summed E-state index contributed by atoms with van der Waals surface area (Å²) in [7, 11) is 3.44. The van der Waals surface area contributed by atoms with Crippen LogP contribution >= 0.6 is 0 Å². The van der Waals surface area contributed by atoms with Gasteiger partial charge in [0.1, 0.15) is 0 Å². The maximum atomic E-state index is 10.9. The van der Waals surface area contributed by atoms with E-state index >= 15 is 0 Å². The molecule has 0 saturated carbocycles. The number of rotatable bonds is 2. The van der Waals surface area contributed by atoms with Crippen LogP contribution in [0, 0.1) is 0 Å². The largest absolute Gasteiger partial charge is 0.335 e. The monoisotopic (exact) mass is 156 g/mol. The summed E-state index contributed by atoms with van der Waals surface area (Å²) in [5.41, 5.74) is 1.21. The molecule has 0 rings (SSSR count). The molecule has 64 valence electrons. The summed E-state index contributed by atoms with van der Waals surface area (Å²) in [6, 6.07) is -0.0532. The van der Waals surface area contributed by atoms with E-state index in [1.807, 2.05) is 19.9 Å². The third-order valence-electron chi connectivity index (χ3n) is 1.17. The van der Waals surface area contributed by atoms with E-state index in [4.69, 9.17) is 0 Å². The average Bonchev–Trinajstić information content (AvgIpc) is 1.86. The molecule has 0 bridgehead atoms. The Bertz CT molecular complexity index is 157. The first-order valence-electron chi connectivity index (χ1n) is 3.62. The van der Waals surface area contributed by atoms with Gasteiger partial charge in [-0.25, -0.2) is 4.79 Å². The van der Waals surface area contributed by atoms with Gasteiger partial charge in [0.25, 0.3) is 0 Å². The SMILES string of the molecule is CC(C)=CCNC(=O)N(C)C. The summed E-state index contributed by atoms with van der Waals surface area (Å²) in [6.45, 7) is 4.61. The van der Waals surface area contributed by atoms with Gasteiger partial charge in [0.15, 0.2) is 0 Å². The van der Waals surface area contributed by atoms with Gasteiger partial charge in [-0.15, -0.1) is 0 Å². The number of urea groups is 1. The van der Waals surface area contributed by atoms with E-state index < -0.39 is 0 Å². The van der Waals surface area contributed by atoms with Crippen molar-refractivity contribution < 1.29 is 4.79 Å². The van der Waals surface area contributed by atoms with E-state index in [1.165, 1.54) is 10.5 Å². The highest BCUT2D eigenvalue weighted by Gasteiger charge is 1.98. The van der Waals surface area contributed by atoms with Gasteiger partial charge in [0.2, 0.25) is 0 Å². The lowest BCUT2D eigenvalue weighted by Gasteiger charge is -2.10. The molecule has 0 saturated heterocycles. The minimum Gasteiger partial charge on any atom is -0.335 e. The number of nitrogens with one attached hydrogen (secondary N) is 1. The normalized spacial score (nSPS) is 8.73. The summed E-state index contributed by atoms with van der Waals surface area (Å²) in [4.78, 5) is 12.4. The molecule has 2 amide bonds. The molecule has 0 aromatic rings. The molecule has 0 aliphatic heterocycles. The van der Waals surface area contributed by atoms with Crippen molar-refractivity contribution in [3.8, 4) is 0 Å². The van der Waals surface area contributed by atoms with Crippen molar-refractivity contribution >= 4 is 6.03 Å². The Labute approximate surface area is 68.1 Å². The van der Waals surface area contributed by atoms with E-state index in [2.05, 4.69) is 5.32 Å². The van der Waals surface area contributed by atoms with E-state index in [0.29, 0.717) is 6.54 Å². The Hall–Kier alpha value is -0.990. The van der Waals surface area contributed by atoms with Gasteiger partial charge >= 0.3 is 6.03 Å². The maximum absolute atomic E-state index is 10.9. The third-order valence-corrected chi connectivity index (χ3v) is 1.17. The van der Waals surface area contributed by atoms with Crippen LogP contribution in [0.25, 0.3) is 0 Å². The van der Waals surface area contributed by atoms with Crippen LogP contribution in [0.5, 0.6) is 0 Å². The van der Waals surface area contributed by atoms with Crippen molar-refractivity contribution in [1.29, 1.82) is 0 Å². The number of hydrogen-bond acceptors (Lipinski definition) is 1. The van der Waals surface area contributed by atoms with Crippen molar-refractivity contribution in [2.45, 2.75) is 13.8 Å². The Balaban J connectivity index is 3.56. The number of allylic oxidation sites excluding steroid dienone is 1. The quantitative estimate of drug-likeness (QED) is 0.599. The molecule has 0 aromatic carbocycles. The zero-order valence-electron chi connectivity index (χ0n) is 7.64. The lowest BCUT2D eigenvalue weighted by atomic mass is 10.3. The summed E-state index contributed by atoms with van der Waals surface area (Å²) in [5, 5.41) is 2.72. The van der Waals surface area contributed by atoms with E-state index in [1.54, 1.807) is 14.1 Å². The molecule has 0 spiro atoms. The fourth-order valence-corrected chi connectivity index (χ4v) is 0.501. The highest BCUT2D eigenvalue weighted by Crippen LogP contribution is 1.85. The van der Waals surface area contributed by atoms with Gasteiger partial charge in [-0.1, -0.05) is 11.6 Å². The molecule has 0 fully saturated rings. The molecule has 11 heavy (non-hydrogen) atoms. The van der Waals surface area contributed by atoms with Gasteiger partial charge in [-0.3, -0.25) is 0 Å². The van der Waals surface area contributed by atoms with Crippen LogP contribution in [0.2, 0.25) is 0 Å². The highest BCUT2D eigenvalue weighted by atomic mass is 16.2. The van der Waals surface area contributed by atoms with Crippen LogP contribution in [-0.4, -0.2) is 31.6 Å². The Morgan fingerprint density at radius 3 is 2.36 bits per heavy atom. The first kappa shape index (κ1) is 10.0. The van der Waals surface area contributed by atoms with Crippen LogP contribution in [0.1, 0.15) is 13.8 Å². The van der Waals surface area contributed by atoms with E-state index in [0.717, 1.165) is 0 Å². The predicted molar refractivity (Wildman–Crippen MR) is 46.5 cm³/mol. The summed E-state index contributed by atoms with van der Waals surface area (Å²) in [6.07, 6.45) is 1.97. The van der Waals surface area contributed by atoms with Crippen molar-refractivity contribution in [2.24, 2.45) is 0 Å². The molecule has 1 N–H and O–H groups in total. The first-order valence-corrected chi connectivity index (χ1v) is 3.62. The standard InChI is InChI=1S/C8H16N2O/c1-7(2)5-6-9-8(11)10(3)4/h5H,6H2,1-4H3,(H,9,11). The average molecular weight is 156 g/mol. The van der Waals surface area contributed by atoms with Crippen LogP contribution in [0.4, 0.5) is 4.79 Å². The van der Waals surface area contributed by atoms with Crippen molar-refractivity contribution in [2.75, 3.05) is 20.6 Å². The van der Waals surface area contributed by atoms with Gasteiger partial charge < -0.3 is 10.2 Å². The summed E-state index contributed by atoms with van der Waals surface area (Å²) in [5.74, 6) is 0. The molecule has 0 unspecified atom stereocenters. The molecule has 0 aliphatic rings. The molecule has 0 radical (unpaired) electrons. The van der Waals surface area contributed by atoms with Crippen molar-refractivity contribution in [3.63, 3.8) is 0 Å². The van der Waals surface area contributed by atoms with Crippen molar-refractivity contribution in [1.82, 2.24) is 10.2 Å². The van der Waals surface area contributed by atoms with Crippen LogP contribution in [-0.2, 0) is 0 Å².